The van der Waals surface area contributed by atoms with E-state index in [2.05, 4.69) is 20.0 Å². The van der Waals surface area contributed by atoms with Crippen molar-refractivity contribution in [2.24, 2.45) is 7.05 Å². The number of esters is 1. The maximum atomic E-state index is 11.4. The van der Waals surface area contributed by atoms with Crippen LogP contribution in [-0.4, -0.2) is 33.1 Å². The largest absolute Gasteiger partial charge is 0.465 e. The summed E-state index contributed by atoms with van der Waals surface area (Å²) < 4.78 is 6.27. The molecule has 0 saturated heterocycles. The third-order valence-corrected chi connectivity index (χ3v) is 2.12. The van der Waals surface area contributed by atoms with Gasteiger partial charge in [0.05, 0.1) is 25.2 Å². The molecule has 6 nitrogen and oxygen atoms in total. The molecule has 0 saturated carbocycles. The van der Waals surface area contributed by atoms with Crippen LogP contribution in [0.1, 0.15) is 10.4 Å². The fourth-order valence-corrected chi connectivity index (χ4v) is 1.42. The van der Waals surface area contributed by atoms with Crippen LogP contribution in [0.5, 0.6) is 0 Å². The molecule has 2 aromatic heterocycles. The van der Waals surface area contributed by atoms with Crippen LogP contribution in [-0.2, 0) is 11.8 Å². The minimum Gasteiger partial charge on any atom is -0.465 e. The van der Waals surface area contributed by atoms with E-state index in [4.69, 9.17) is 0 Å². The first kappa shape index (κ1) is 9.45. The van der Waals surface area contributed by atoms with Gasteiger partial charge in [0, 0.05) is 18.8 Å². The number of aryl methyl sites for hydroxylation is 1. The number of methoxy groups -OCH3 is 1. The molecule has 6 heteroatoms. The SMILES string of the molecule is COC(=O)c1cnn(C)c1-c1cn[nH]c1. The van der Waals surface area contributed by atoms with E-state index < -0.39 is 5.97 Å². The third-order valence-electron chi connectivity index (χ3n) is 2.12. The highest BCUT2D eigenvalue weighted by Gasteiger charge is 2.18. The minimum atomic E-state index is -0.403. The highest BCUT2D eigenvalue weighted by atomic mass is 16.5. The summed E-state index contributed by atoms with van der Waals surface area (Å²) in [6.45, 7) is 0. The van der Waals surface area contributed by atoms with Gasteiger partial charge >= 0.3 is 5.97 Å². The molecule has 0 unspecified atom stereocenters. The Hall–Kier alpha value is -2.11. The lowest BCUT2D eigenvalue weighted by atomic mass is 10.1. The second kappa shape index (κ2) is 3.56. The molecule has 2 heterocycles. The molecular formula is C9H10N4O2. The number of aromatic nitrogens is 4. The minimum absolute atomic E-state index is 0.403. The van der Waals surface area contributed by atoms with Crippen molar-refractivity contribution in [1.82, 2.24) is 20.0 Å². The molecule has 0 radical (unpaired) electrons. The second-order valence-electron chi connectivity index (χ2n) is 3.01. The molecule has 15 heavy (non-hydrogen) atoms. The predicted molar refractivity (Wildman–Crippen MR) is 52.1 cm³/mol. The number of ether oxygens (including phenoxy) is 1. The summed E-state index contributed by atoms with van der Waals surface area (Å²) in [5.74, 6) is -0.403. The molecule has 2 aromatic rings. The molecule has 0 atom stereocenters. The van der Waals surface area contributed by atoms with Gasteiger partial charge in [-0.25, -0.2) is 4.79 Å². The van der Waals surface area contributed by atoms with Gasteiger partial charge in [0.15, 0.2) is 0 Å². The van der Waals surface area contributed by atoms with Gasteiger partial charge in [-0.2, -0.15) is 10.2 Å². The van der Waals surface area contributed by atoms with E-state index in [-0.39, 0.29) is 0 Å². The normalized spacial score (nSPS) is 10.3. The molecule has 0 bridgehead atoms. The fourth-order valence-electron chi connectivity index (χ4n) is 1.42. The van der Waals surface area contributed by atoms with Crippen LogP contribution >= 0.6 is 0 Å². The lowest BCUT2D eigenvalue weighted by molar-refractivity contribution is 0.0601. The van der Waals surface area contributed by atoms with Crippen LogP contribution < -0.4 is 0 Å². The lowest BCUT2D eigenvalue weighted by Gasteiger charge is -2.01. The number of carbonyl (C=O) groups is 1. The zero-order valence-corrected chi connectivity index (χ0v) is 8.39. The van der Waals surface area contributed by atoms with Gasteiger partial charge in [0.2, 0.25) is 0 Å². The molecule has 0 aliphatic carbocycles. The van der Waals surface area contributed by atoms with Gasteiger partial charge < -0.3 is 4.74 Å². The predicted octanol–water partition coefficient (Wildman–Crippen LogP) is 0.597. The number of hydrogen-bond acceptors (Lipinski definition) is 4. The molecular weight excluding hydrogens is 196 g/mol. The molecule has 0 fully saturated rings. The first-order valence-corrected chi connectivity index (χ1v) is 4.33. The number of rotatable bonds is 2. The Morgan fingerprint density at radius 3 is 2.93 bits per heavy atom. The van der Waals surface area contributed by atoms with Gasteiger partial charge in [-0.1, -0.05) is 0 Å². The molecule has 0 aliphatic rings. The number of aromatic amines is 1. The van der Waals surface area contributed by atoms with E-state index in [1.54, 1.807) is 24.1 Å². The smallest absolute Gasteiger partial charge is 0.341 e. The quantitative estimate of drug-likeness (QED) is 0.730. The Kier molecular flexibility index (Phi) is 2.24. The van der Waals surface area contributed by atoms with E-state index in [1.807, 2.05) is 0 Å². The number of hydrogen-bond donors (Lipinski definition) is 1. The number of carbonyl (C=O) groups excluding carboxylic acids is 1. The topological polar surface area (TPSA) is 72.8 Å². The van der Waals surface area contributed by atoms with Gasteiger partial charge in [0.1, 0.15) is 5.56 Å². The Bertz CT molecular complexity index is 472. The zero-order valence-electron chi connectivity index (χ0n) is 8.39. The summed E-state index contributed by atoms with van der Waals surface area (Å²) in [4.78, 5) is 11.4. The van der Waals surface area contributed by atoms with Crippen LogP contribution in [0.15, 0.2) is 18.6 Å². The van der Waals surface area contributed by atoms with Gasteiger partial charge in [-0.3, -0.25) is 9.78 Å². The Morgan fingerprint density at radius 2 is 2.33 bits per heavy atom. The highest BCUT2D eigenvalue weighted by molar-refractivity contribution is 5.95. The van der Waals surface area contributed by atoms with Crippen LogP contribution in [0.25, 0.3) is 11.3 Å². The van der Waals surface area contributed by atoms with Crippen molar-refractivity contribution in [2.45, 2.75) is 0 Å². The van der Waals surface area contributed by atoms with Crippen molar-refractivity contribution in [3.05, 3.63) is 24.2 Å². The molecule has 0 aromatic carbocycles. The van der Waals surface area contributed by atoms with Crippen molar-refractivity contribution < 1.29 is 9.53 Å². The molecule has 0 aliphatic heterocycles. The van der Waals surface area contributed by atoms with Crippen molar-refractivity contribution in [3.63, 3.8) is 0 Å². The molecule has 1 N–H and O–H groups in total. The van der Waals surface area contributed by atoms with Crippen molar-refractivity contribution in [2.75, 3.05) is 7.11 Å². The fraction of sp³-hybridized carbons (Fsp3) is 0.222. The lowest BCUT2D eigenvalue weighted by Crippen LogP contribution is -2.03. The van der Waals surface area contributed by atoms with Crippen molar-refractivity contribution in [3.8, 4) is 11.3 Å². The number of H-pyrrole nitrogens is 1. The molecule has 2 rings (SSSR count). The first-order chi connectivity index (χ1) is 7.24. The standard InChI is InChI=1S/C9H10N4O2/c1-13-8(6-3-10-11-4-6)7(5-12-13)9(14)15-2/h3-5H,1-2H3,(H,10,11). The Balaban J connectivity index is 2.55. The van der Waals surface area contributed by atoms with Crippen LogP contribution in [0.3, 0.4) is 0 Å². The van der Waals surface area contributed by atoms with E-state index in [9.17, 15) is 4.79 Å². The molecule has 78 valence electrons. The van der Waals surface area contributed by atoms with Crippen LogP contribution in [0.2, 0.25) is 0 Å². The van der Waals surface area contributed by atoms with Gasteiger partial charge in [0.25, 0.3) is 0 Å². The summed E-state index contributed by atoms with van der Waals surface area (Å²) in [6.07, 6.45) is 4.81. The summed E-state index contributed by atoms with van der Waals surface area (Å²) in [5.41, 5.74) is 1.92. The van der Waals surface area contributed by atoms with E-state index in [0.29, 0.717) is 11.3 Å². The van der Waals surface area contributed by atoms with E-state index in [1.165, 1.54) is 13.3 Å². The van der Waals surface area contributed by atoms with Crippen LogP contribution in [0, 0.1) is 0 Å². The van der Waals surface area contributed by atoms with Crippen LogP contribution in [0.4, 0.5) is 0 Å². The van der Waals surface area contributed by atoms with Gasteiger partial charge in [-0.15, -0.1) is 0 Å². The molecule has 0 spiro atoms. The monoisotopic (exact) mass is 206 g/mol. The van der Waals surface area contributed by atoms with Crippen molar-refractivity contribution in [1.29, 1.82) is 0 Å². The van der Waals surface area contributed by atoms with Crippen molar-refractivity contribution >= 4 is 5.97 Å². The molecule has 0 amide bonds. The number of nitrogens with zero attached hydrogens (tertiary/aromatic N) is 3. The average molecular weight is 206 g/mol. The van der Waals surface area contributed by atoms with E-state index >= 15 is 0 Å². The summed E-state index contributed by atoms with van der Waals surface area (Å²) >= 11 is 0. The first-order valence-electron chi connectivity index (χ1n) is 4.33. The maximum Gasteiger partial charge on any atom is 0.341 e. The third kappa shape index (κ3) is 1.50. The average Bonchev–Trinajstić information content (AvgIpc) is 2.85. The number of nitrogens with one attached hydrogen (secondary N) is 1. The van der Waals surface area contributed by atoms with Gasteiger partial charge in [-0.05, 0) is 0 Å². The Labute approximate surface area is 85.9 Å². The maximum absolute atomic E-state index is 11.4. The zero-order chi connectivity index (χ0) is 10.8. The summed E-state index contributed by atoms with van der Waals surface area (Å²) in [7, 11) is 3.10. The summed E-state index contributed by atoms with van der Waals surface area (Å²) in [5, 5.41) is 10.5. The Morgan fingerprint density at radius 1 is 1.53 bits per heavy atom. The second-order valence-corrected chi connectivity index (χ2v) is 3.01. The highest BCUT2D eigenvalue weighted by Crippen LogP contribution is 2.22. The van der Waals surface area contributed by atoms with E-state index in [0.717, 1.165) is 5.56 Å². The summed E-state index contributed by atoms with van der Waals surface area (Å²) in [6, 6.07) is 0.